The summed E-state index contributed by atoms with van der Waals surface area (Å²) in [5.74, 6) is 1.40. The average molecular weight is 370 g/mol. The molecule has 2 saturated heterocycles. The fourth-order valence-corrected chi connectivity index (χ4v) is 5.30. The second kappa shape index (κ2) is 8.41. The van der Waals surface area contributed by atoms with E-state index in [0.29, 0.717) is 29.5 Å². The van der Waals surface area contributed by atoms with Crippen LogP contribution in [-0.2, 0) is 4.79 Å². The summed E-state index contributed by atoms with van der Waals surface area (Å²) in [6.07, 6.45) is 11.8. The van der Waals surface area contributed by atoms with Crippen LogP contribution in [0.3, 0.4) is 0 Å². The van der Waals surface area contributed by atoms with Crippen molar-refractivity contribution >= 4 is 11.8 Å². The lowest BCUT2D eigenvalue weighted by Crippen LogP contribution is -2.56. The Balaban J connectivity index is 1.37. The quantitative estimate of drug-likeness (QED) is 0.819. The normalized spacial score (nSPS) is 26.5. The molecule has 0 radical (unpaired) electrons. The van der Waals surface area contributed by atoms with Crippen LogP contribution in [0, 0.1) is 11.8 Å². The summed E-state index contributed by atoms with van der Waals surface area (Å²) >= 11 is 0. The van der Waals surface area contributed by atoms with Crippen LogP contribution >= 0.6 is 0 Å². The Hall–Kier alpha value is -1.91. The van der Waals surface area contributed by atoms with Gasteiger partial charge >= 0.3 is 0 Å². The first-order valence-corrected chi connectivity index (χ1v) is 10.7. The molecular weight excluding hydrogens is 338 g/mol. The van der Waals surface area contributed by atoms with E-state index in [1.54, 1.807) is 12.3 Å². The predicted molar refractivity (Wildman–Crippen MR) is 104 cm³/mol. The van der Waals surface area contributed by atoms with E-state index in [1.807, 2.05) is 17.0 Å². The topological polar surface area (TPSA) is 53.5 Å². The molecule has 1 aromatic heterocycles. The third-order valence-electron chi connectivity index (χ3n) is 6.75. The number of carbonyl (C=O) groups is 2. The summed E-state index contributed by atoms with van der Waals surface area (Å²) in [6.45, 7) is 2.39. The highest BCUT2D eigenvalue weighted by molar-refractivity contribution is 5.92. The van der Waals surface area contributed by atoms with Crippen LogP contribution < -0.4 is 0 Å². The molecule has 3 fully saturated rings. The molecule has 0 bridgehead atoms. The second-order valence-corrected chi connectivity index (χ2v) is 8.52. The Labute approximate surface area is 162 Å². The molecule has 2 atom stereocenters. The zero-order chi connectivity index (χ0) is 18.6. The maximum Gasteiger partial charge on any atom is 0.272 e. The Morgan fingerprint density at radius 3 is 2.63 bits per heavy atom. The van der Waals surface area contributed by atoms with Crippen molar-refractivity contribution in [2.45, 2.75) is 63.8 Å². The third-order valence-corrected chi connectivity index (χ3v) is 6.75. The number of carbonyl (C=O) groups excluding carboxylic acids is 2. The Morgan fingerprint density at radius 2 is 1.85 bits per heavy atom. The van der Waals surface area contributed by atoms with Crippen molar-refractivity contribution in [3.8, 4) is 0 Å². The van der Waals surface area contributed by atoms with Gasteiger partial charge in [-0.2, -0.15) is 0 Å². The molecular formula is C22H31N3O2. The van der Waals surface area contributed by atoms with Crippen LogP contribution in [0.15, 0.2) is 24.4 Å². The van der Waals surface area contributed by atoms with Crippen molar-refractivity contribution in [1.29, 1.82) is 0 Å². The van der Waals surface area contributed by atoms with E-state index in [-0.39, 0.29) is 5.91 Å². The summed E-state index contributed by atoms with van der Waals surface area (Å²) < 4.78 is 0. The number of aromatic nitrogens is 1. The molecule has 1 aliphatic carbocycles. The zero-order valence-corrected chi connectivity index (χ0v) is 16.2. The van der Waals surface area contributed by atoms with Crippen molar-refractivity contribution in [2.24, 2.45) is 11.8 Å². The van der Waals surface area contributed by atoms with E-state index in [2.05, 4.69) is 9.88 Å². The van der Waals surface area contributed by atoms with Gasteiger partial charge in [-0.3, -0.25) is 14.6 Å². The van der Waals surface area contributed by atoms with Gasteiger partial charge in [0.2, 0.25) is 5.91 Å². The summed E-state index contributed by atoms with van der Waals surface area (Å²) in [7, 11) is 0. The van der Waals surface area contributed by atoms with Crippen molar-refractivity contribution < 1.29 is 9.59 Å². The predicted octanol–water partition coefficient (Wildman–Crippen LogP) is 3.51. The molecule has 0 spiro atoms. The van der Waals surface area contributed by atoms with Crippen molar-refractivity contribution in [1.82, 2.24) is 14.8 Å². The molecule has 27 heavy (non-hydrogen) atoms. The van der Waals surface area contributed by atoms with Crippen LogP contribution in [-0.4, -0.2) is 52.3 Å². The van der Waals surface area contributed by atoms with Gasteiger partial charge in [0.25, 0.3) is 5.91 Å². The monoisotopic (exact) mass is 369 g/mol. The van der Waals surface area contributed by atoms with Crippen LogP contribution in [0.4, 0.5) is 0 Å². The van der Waals surface area contributed by atoms with Gasteiger partial charge in [-0.1, -0.05) is 25.3 Å². The van der Waals surface area contributed by atoms with Gasteiger partial charge in [-0.05, 0) is 56.1 Å². The van der Waals surface area contributed by atoms with E-state index in [1.165, 1.54) is 32.1 Å². The molecule has 0 N–H and O–H groups in total. The zero-order valence-electron chi connectivity index (χ0n) is 16.2. The molecule has 4 rings (SSSR count). The maximum absolute atomic E-state index is 13.0. The first-order valence-electron chi connectivity index (χ1n) is 10.7. The minimum absolute atomic E-state index is 0.0275. The number of piperidine rings is 2. The largest absolute Gasteiger partial charge is 0.339 e. The van der Waals surface area contributed by atoms with Crippen LogP contribution in [0.1, 0.15) is 68.3 Å². The van der Waals surface area contributed by atoms with Crippen molar-refractivity contribution in [3.63, 3.8) is 0 Å². The van der Waals surface area contributed by atoms with Crippen LogP contribution in [0.2, 0.25) is 0 Å². The fourth-order valence-electron chi connectivity index (χ4n) is 5.30. The van der Waals surface area contributed by atoms with Crippen molar-refractivity contribution in [3.05, 3.63) is 30.1 Å². The summed E-state index contributed by atoms with van der Waals surface area (Å²) in [5, 5.41) is 0. The van der Waals surface area contributed by atoms with Gasteiger partial charge in [-0.25, -0.2) is 0 Å². The summed E-state index contributed by atoms with van der Waals surface area (Å²) in [5.41, 5.74) is 0.525. The Bertz CT molecular complexity index is 657. The molecule has 5 nitrogen and oxygen atoms in total. The number of likely N-dealkylation sites (tertiary alicyclic amines) is 2. The average Bonchev–Trinajstić information content (AvgIpc) is 2.73. The molecule has 0 unspecified atom stereocenters. The van der Waals surface area contributed by atoms with E-state index >= 15 is 0 Å². The molecule has 2 amide bonds. The highest BCUT2D eigenvalue weighted by atomic mass is 16.2. The van der Waals surface area contributed by atoms with E-state index in [4.69, 9.17) is 0 Å². The summed E-state index contributed by atoms with van der Waals surface area (Å²) in [4.78, 5) is 34.1. The molecule has 2 aliphatic heterocycles. The lowest BCUT2D eigenvalue weighted by Gasteiger charge is -2.47. The molecule has 1 aromatic rings. The standard InChI is InChI=1S/C22H31N3O2/c26-21(15-17-7-2-1-3-8-17)25-13-6-9-18-16-24(14-11-20(18)25)22(27)19-10-4-5-12-23-19/h4-5,10,12,17-18,20H,1-3,6-9,11,13-16H2/t18-,20+/m0/s1. The van der Waals surface area contributed by atoms with Crippen LogP contribution in [0.25, 0.3) is 0 Å². The molecule has 146 valence electrons. The number of fused-ring (bicyclic) bond motifs is 1. The summed E-state index contributed by atoms with van der Waals surface area (Å²) in [6, 6.07) is 5.80. The Morgan fingerprint density at radius 1 is 1.00 bits per heavy atom. The Kier molecular flexibility index (Phi) is 5.74. The lowest BCUT2D eigenvalue weighted by molar-refractivity contribution is -0.139. The molecule has 3 aliphatic rings. The number of nitrogens with zero attached hydrogens (tertiary/aromatic N) is 3. The number of amides is 2. The molecule has 3 heterocycles. The second-order valence-electron chi connectivity index (χ2n) is 8.52. The lowest BCUT2D eigenvalue weighted by atomic mass is 9.82. The van der Waals surface area contributed by atoms with Gasteiger partial charge in [0.15, 0.2) is 0 Å². The van der Waals surface area contributed by atoms with Crippen LogP contribution in [0.5, 0.6) is 0 Å². The maximum atomic E-state index is 13.0. The number of hydrogen-bond donors (Lipinski definition) is 0. The van der Waals surface area contributed by atoms with Gasteiger partial charge in [0.05, 0.1) is 0 Å². The fraction of sp³-hybridized carbons (Fsp3) is 0.682. The highest BCUT2D eigenvalue weighted by Crippen LogP contribution is 2.33. The first-order chi connectivity index (χ1) is 13.2. The van der Waals surface area contributed by atoms with Gasteiger partial charge in [-0.15, -0.1) is 0 Å². The molecule has 0 aromatic carbocycles. The molecule has 5 heteroatoms. The number of hydrogen-bond acceptors (Lipinski definition) is 3. The van der Waals surface area contributed by atoms with E-state index < -0.39 is 0 Å². The first kappa shape index (κ1) is 18.5. The van der Waals surface area contributed by atoms with Gasteiger partial charge < -0.3 is 9.80 Å². The minimum Gasteiger partial charge on any atom is -0.339 e. The molecule has 1 saturated carbocycles. The third kappa shape index (κ3) is 4.17. The highest BCUT2D eigenvalue weighted by Gasteiger charge is 2.39. The van der Waals surface area contributed by atoms with E-state index in [9.17, 15) is 9.59 Å². The number of rotatable bonds is 3. The SMILES string of the molecule is O=C(c1ccccn1)N1CC[C@@H]2[C@@H](CCCN2C(=O)CC2CCCCC2)C1. The van der Waals surface area contributed by atoms with Gasteiger partial charge in [0, 0.05) is 38.3 Å². The van der Waals surface area contributed by atoms with Crippen molar-refractivity contribution in [2.75, 3.05) is 19.6 Å². The van der Waals surface area contributed by atoms with Gasteiger partial charge in [0.1, 0.15) is 5.69 Å². The number of pyridine rings is 1. The van der Waals surface area contributed by atoms with E-state index in [0.717, 1.165) is 45.3 Å². The minimum atomic E-state index is 0.0275. The smallest absolute Gasteiger partial charge is 0.272 e.